The summed E-state index contributed by atoms with van der Waals surface area (Å²) in [5.41, 5.74) is 4.01. The van der Waals surface area contributed by atoms with Crippen molar-refractivity contribution in [3.05, 3.63) is 102 Å². The Morgan fingerprint density at radius 1 is 0.900 bits per heavy atom. The number of benzene rings is 3. The van der Waals surface area contributed by atoms with Gasteiger partial charge in [0.2, 0.25) is 5.91 Å². The first kappa shape index (κ1) is 19.7. The summed E-state index contributed by atoms with van der Waals surface area (Å²) < 4.78 is 0. The van der Waals surface area contributed by atoms with E-state index in [0.717, 1.165) is 22.4 Å². The summed E-state index contributed by atoms with van der Waals surface area (Å²) in [5, 5.41) is 6.05. The maximum absolute atomic E-state index is 12.8. The highest BCUT2D eigenvalue weighted by Crippen LogP contribution is 2.23. The largest absolute Gasteiger partial charge is 0.333 e. The zero-order chi connectivity index (χ0) is 20.9. The van der Waals surface area contributed by atoms with Crippen LogP contribution in [0.25, 0.3) is 0 Å². The van der Waals surface area contributed by atoms with Gasteiger partial charge in [0.15, 0.2) is 0 Å². The van der Waals surface area contributed by atoms with Gasteiger partial charge in [-0.1, -0.05) is 78.4 Å². The number of urea groups is 1. The molecule has 0 aromatic heterocycles. The summed E-state index contributed by atoms with van der Waals surface area (Å²) in [6, 6.07) is 26.8. The smallest absolute Gasteiger partial charge is 0.315 e. The normalized spacial score (nSPS) is 16.0. The van der Waals surface area contributed by atoms with Crippen LogP contribution in [0.4, 0.5) is 10.5 Å². The Bertz CT molecular complexity index is 964. The van der Waals surface area contributed by atoms with E-state index in [9.17, 15) is 9.59 Å². The van der Waals surface area contributed by atoms with E-state index >= 15 is 0 Å². The molecule has 1 aliphatic rings. The molecule has 0 aliphatic carbocycles. The van der Waals surface area contributed by atoms with Gasteiger partial charge in [-0.15, -0.1) is 0 Å². The number of carbonyl (C=O) groups is 2. The van der Waals surface area contributed by atoms with E-state index < -0.39 is 0 Å². The van der Waals surface area contributed by atoms with Crippen molar-refractivity contribution in [2.45, 2.75) is 25.4 Å². The van der Waals surface area contributed by atoms with Gasteiger partial charge < -0.3 is 15.5 Å². The summed E-state index contributed by atoms with van der Waals surface area (Å²) in [7, 11) is 0. The highest BCUT2D eigenvalue weighted by Gasteiger charge is 2.32. The van der Waals surface area contributed by atoms with Gasteiger partial charge in [-0.25, -0.2) is 4.79 Å². The number of hydrogen-bond acceptors (Lipinski definition) is 2. The molecule has 3 aromatic carbocycles. The second kappa shape index (κ2) is 8.82. The Morgan fingerprint density at radius 2 is 1.47 bits per heavy atom. The minimum Gasteiger partial charge on any atom is -0.333 e. The van der Waals surface area contributed by atoms with Crippen LogP contribution in [-0.4, -0.2) is 24.5 Å². The molecule has 5 nitrogen and oxygen atoms in total. The van der Waals surface area contributed by atoms with E-state index in [1.54, 1.807) is 4.90 Å². The van der Waals surface area contributed by atoms with Crippen LogP contribution in [0.2, 0.25) is 0 Å². The van der Waals surface area contributed by atoms with Crippen LogP contribution in [0.5, 0.6) is 0 Å². The van der Waals surface area contributed by atoms with E-state index in [-0.39, 0.29) is 24.0 Å². The predicted octanol–water partition coefficient (Wildman–Crippen LogP) is 4.19. The molecule has 0 radical (unpaired) electrons. The van der Waals surface area contributed by atoms with Gasteiger partial charge in [-0.05, 0) is 30.2 Å². The molecule has 0 unspecified atom stereocenters. The number of nitrogens with one attached hydrogen (secondary N) is 2. The Balaban J connectivity index is 1.44. The van der Waals surface area contributed by atoms with Crippen molar-refractivity contribution in [1.29, 1.82) is 0 Å². The lowest BCUT2D eigenvalue weighted by atomic mass is 9.99. The Morgan fingerprint density at radius 3 is 2.03 bits per heavy atom. The van der Waals surface area contributed by atoms with Crippen molar-refractivity contribution >= 4 is 17.6 Å². The van der Waals surface area contributed by atoms with Gasteiger partial charge in [0.25, 0.3) is 0 Å². The third kappa shape index (κ3) is 4.51. The number of hydrogen-bond donors (Lipinski definition) is 2. The zero-order valence-corrected chi connectivity index (χ0v) is 16.9. The number of anilines is 1. The van der Waals surface area contributed by atoms with E-state index in [4.69, 9.17) is 0 Å². The number of nitrogens with zero attached hydrogens (tertiary/aromatic N) is 1. The molecule has 2 N–H and O–H groups in total. The number of carbonyl (C=O) groups excluding carboxylic acids is 2. The van der Waals surface area contributed by atoms with E-state index in [1.807, 2.05) is 91.9 Å². The number of amides is 3. The molecule has 1 saturated heterocycles. The van der Waals surface area contributed by atoms with E-state index in [2.05, 4.69) is 10.6 Å². The molecule has 1 aliphatic heterocycles. The fourth-order valence-corrected chi connectivity index (χ4v) is 3.79. The van der Waals surface area contributed by atoms with Crippen LogP contribution in [0.3, 0.4) is 0 Å². The molecule has 1 atom stereocenters. The summed E-state index contributed by atoms with van der Waals surface area (Å²) >= 11 is 0. The first-order chi connectivity index (χ1) is 14.6. The monoisotopic (exact) mass is 399 g/mol. The van der Waals surface area contributed by atoms with Crippen LogP contribution < -0.4 is 15.5 Å². The maximum atomic E-state index is 12.8. The topological polar surface area (TPSA) is 61.4 Å². The first-order valence-electron chi connectivity index (χ1n) is 10.1. The van der Waals surface area contributed by atoms with Crippen LogP contribution in [0.15, 0.2) is 84.9 Å². The molecule has 0 saturated carbocycles. The van der Waals surface area contributed by atoms with Crippen molar-refractivity contribution in [3.8, 4) is 0 Å². The average molecular weight is 399 g/mol. The molecule has 30 heavy (non-hydrogen) atoms. The van der Waals surface area contributed by atoms with Crippen molar-refractivity contribution < 1.29 is 9.59 Å². The molecule has 3 aromatic rings. The Labute approximate surface area is 176 Å². The zero-order valence-electron chi connectivity index (χ0n) is 16.9. The van der Waals surface area contributed by atoms with Crippen LogP contribution in [0.1, 0.15) is 29.2 Å². The Hall–Kier alpha value is -3.60. The van der Waals surface area contributed by atoms with Crippen molar-refractivity contribution in [3.63, 3.8) is 0 Å². The molecule has 3 amide bonds. The van der Waals surface area contributed by atoms with E-state index in [0.29, 0.717) is 13.0 Å². The van der Waals surface area contributed by atoms with Crippen LogP contribution in [0, 0.1) is 6.92 Å². The van der Waals surface area contributed by atoms with Gasteiger partial charge in [-0.2, -0.15) is 0 Å². The van der Waals surface area contributed by atoms with Crippen LogP contribution in [-0.2, 0) is 4.79 Å². The van der Waals surface area contributed by atoms with Gasteiger partial charge in [0.1, 0.15) is 0 Å². The standard InChI is InChI=1S/C25H25N3O2/c1-18-12-14-22(15-13-18)28-17-21(16-23(28)29)26-25(30)27-24(19-8-4-2-5-9-19)20-10-6-3-7-11-20/h2-15,21,24H,16-17H2,1H3,(H2,26,27,30)/t21-/m1/s1. The quantitative estimate of drug-likeness (QED) is 0.676. The maximum Gasteiger partial charge on any atom is 0.315 e. The minimum atomic E-state index is -0.281. The molecule has 0 bridgehead atoms. The molecule has 152 valence electrons. The summed E-state index contributed by atoms with van der Waals surface area (Å²) in [5.74, 6) is 0.0202. The number of aryl methyl sites for hydroxylation is 1. The third-order valence-electron chi connectivity index (χ3n) is 5.35. The minimum absolute atomic E-state index is 0.0202. The molecule has 1 heterocycles. The van der Waals surface area contributed by atoms with E-state index in [1.165, 1.54) is 0 Å². The second-order valence-electron chi connectivity index (χ2n) is 7.61. The highest BCUT2D eigenvalue weighted by atomic mass is 16.2. The number of rotatable bonds is 5. The molecule has 5 heteroatoms. The fraction of sp³-hybridized carbons (Fsp3) is 0.200. The lowest BCUT2D eigenvalue weighted by Gasteiger charge is -2.22. The lowest BCUT2D eigenvalue weighted by molar-refractivity contribution is -0.117. The van der Waals surface area contributed by atoms with Gasteiger partial charge in [0.05, 0.1) is 12.1 Å². The van der Waals surface area contributed by atoms with Crippen LogP contribution >= 0.6 is 0 Å². The second-order valence-corrected chi connectivity index (χ2v) is 7.61. The van der Waals surface area contributed by atoms with Gasteiger partial charge >= 0.3 is 6.03 Å². The molecular weight excluding hydrogens is 374 g/mol. The first-order valence-corrected chi connectivity index (χ1v) is 10.1. The lowest BCUT2D eigenvalue weighted by Crippen LogP contribution is -2.44. The Kier molecular flexibility index (Phi) is 5.80. The van der Waals surface area contributed by atoms with Crippen molar-refractivity contribution in [1.82, 2.24) is 10.6 Å². The average Bonchev–Trinajstić information content (AvgIpc) is 3.13. The molecule has 4 rings (SSSR count). The molecule has 1 fully saturated rings. The molecule has 0 spiro atoms. The predicted molar refractivity (Wildman–Crippen MR) is 118 cm³/mol. The van der Waals surface area contributed by atoms with Crippen molar-refractivity contribution in [2.24, 2.45) is 0 Å². The SMILES string of the molecule is Cc1ccc(N2C[C@H](NC(=O)NC(c3ccccc3)c3ccccc3)CC2=O)cc1. The van der Waals surface area contributed by atoms with Crippen molar-refractivity contribution in [2.75, 3.05) is 11.4 Å². The summed E-state index contributed by atoms with van der Waals surface area (Å²) in [4.78, 5) is 27.0. The summed E-state index contributed by atoms with van der Waals surface area (Å²) in [6.45, 7) is 2.48. The fourth-order valence-electron chi connectivity index (χ4n) is 3.79. The highest BCUT2D eigenvalue weighted by molar-refractivity contribution is 5.96. The molecular formula is C25H25N3O2. The van der Waals surface area contributed by atoms with Gasteiger partial charge in [0, 0.05) is 18.7 Å². The third-order valence-corrected chi connectivity index (χ3v) is 5.35. The van der Waals surface area contributed by atoms with Gasteiger partial charge in [-0.3, -0.25) is 4.79 Å². The summed E-state index contributed by atoms with van der Waals surface area (Å²) in [6.07, 6.45) is 0.294.